The van der Waals surface area contributed by atoms with E-state index in [0.717, 1.165) is 38.3 Å². The molecular weight excluding hydrogens is 286 g/mol. The summed E-state index contributed by atoms with van der Waals surface area (Å²) >= 11 is 0. The molecule has 3 unspecified atom stereocenters. The van der Waals surface area contributed by atoms with E-state index in [1.54, 1.807) is 0 Å². The maximum absolute atomic E-state index is 5.64. The first-order valence-electron chi connectivity index (χ1n) is 8.67. The van der Waals surface area contributed by atoms with Crippen molar-refractivity contribution in [1.82, 2.24) is 15.5 Å². The molecule has 3 fully saturated rings. The minimum absolute atomic E-state index is 0. The summed E-state index contributed by atoms with van der Waals surface area (Å²) in [6.45, 7) is 8.69. The SMILES string of the molecule is CCN(CCNC1CCCC1C1COCCN1)C1CC1.Cl. The molecule has 0 aromatic rings. The summed E-state index contributed by atoms with van der Waals surface area (Å²) in [4.78, 5) is 2.64. The highest BCUT2D eigenvalue weighted by molar-refractivity contribution is 5.85. The average Bonchev–Trinajstić information content (AvgIpc) is 3.23. The quantitative estimate of drug-likeness (QED) is 0.748. The summed E-state index contributed by atoms with van der Waals surface area (Å²) in [5.74, 6) is 0.770. The van der Waals surface area contributed by atoms with E-state index in [2.05, 4.69) is 22.5 Å². The third-order valence-corrected chi connectivity index (χ3v) is 5.31. The van der Waals surface area contributed by atoms with Crippen LogP contribution in [0.1, 0.15) is 39.0 Å². The lowest BCUT2D eigenvalue weighted by atomic mass is 9.94. The fourth-order valence-electron chi connectivity index (χ4n) is 4.02. The molecule has 124 valence electrons. The van der Waals surface area contributed by atoms with Gasteiger partial charge in [-0.25, -0.2) is 0 Å². The molecule has 0 amide bonds. The maximum Gasteiger partial charge on any atom is 0.0623 e. The van der Waals surface area contributed by atoms with Gasteiger partial charge >= 0.3 is 0 Å². The number of morpholine rings is 1. The average molecular weight is 318 g/mol. The van der Waals surface area contributed by atoms with Crippen LogP contribution in [0.2, 0.25) is 0 Å². The zero-order valence-electron chi connectivity index (χ0n) is 13.4. The summed E-state index contributed by atoms with van der Waals surface area (Å²) in [5, 5.41) is 7.49. The van der Waals surface area contributed by atoms with Crippen LogP contribution in [0.25, 0.3) is 0 Å². The van der Waals surface area contributed by atoms with Crippen molar-refractivity contribution in [2.24, 2.45) is 5.92 Å². The van der Waals surface area contributed by atoms with Gasteiger partial charge in [-0.3, -0.25) is 4.90 Å². The molecule has 21 heavy (non-hydrogen) atoms. The number of rotatable bonds is 7. The number of ether oxygens (including phenoxy) is 1. The van der Waals surface area contributed by atoms with Crippen LogP contribution >= 0.6 is 12.4 Å². The minimum atomic E-state index is 0. The van der Waals surface area contributed by atoms with Crippen LogP contribution in [0, 0.1) is 5.92 Å². The lowest BCUT2D eigenvalue weighted by Crippen LogP contribution is -2.51. The van der Waals surface area contributed by atoms with E-state index in [1.807, 2.05) is 0 Å². The molecule has 5 heteroatoms. The van der Waals surface area contributed by atoms with Crippen molar-refractivity contribution in [3.63, 3.8) is 0 Å². The van der Waals surface area contributed by atoms with Crippen molar-refractivity contribution >= 4 is 12.4 Å². The fourth-order valence-corrected chi connectivity index (χ4v) is 4.02. The second-order valence-corrected chi connectivity index (χ2v) is 6.65. The molecule has 4 nitrogen and oxygen atoms in total. The van der Waals surface area contributed by atoms with Crippen LogP contribution in [0.4, 0.5) is 0 Å². The standard InChI is InChI=1S/C16H31N3O.ClH/c1-2-19(13-6-7-13)10-8-17-15-5-3-4-14(15)16-12-20-11-9-18-16;/h13-18H,2-12H2,1H3;1H. The van der Waals surface area contributed by atoms with Gasteiger partial charge in [0.2, 0.25) is 0 Å². The van der Waals surface area contributed by atoms with Crippen LogP contribution in [0.15, 0.2) is 0 Å². The number of hydrogen-bond acceptors (Lipinski definition) is 4. The van der Waals surface area contributed by atoms with Crippen LogP contribution in [0.3, 0.4) is 0 Å². The normalized spacial score (nSPS) is 33.1. The highest BCUT2D eigenvalue weighted by atomic mass is 35.5. The van der Waals surface area contributed by atoms with Crippen molar-refractivity contribution in [2.45, 2.75) is 57.2 Å². The Labute approximate surface area is 135 Å². The number of hydrogen-bond donors (Lipinski definition) is 2. The number of nitrogens with zero attached hydrogens (tertiary/aromatic N) is 1. The van der Waals surface area contributed by atoms with Gasteiger partial charge < -0.3 is 15.4 Å². The molecule has 1 aliphatic heterocycles. The predicted molar refractivity (Wildman–Crippen MR) is 89.3 cm³/mol. The van der Waals surface area contributed by atoms with Gasteiger partial charge in [0.05, 0.1) is 13.2 Å². The van der Waals surface area contributed by atoms with Crippen molar-refractivity contribution < 1.29 is 4.74 Å². The van der Waals surface area contributed by atoms with Crippen molar-refractivity contribution in [1.29, 1.82) is 0 Å². The Morgan fingerprint density at radius 3 is 2.76 bits per heavy atom. The second kappa shape index (κ2) is 8.68. The van der Waals surface area contributed by atoms with Crippen LogP contribution in [-0.2, 0) is 4.74 Å². The summed E-state index contributed by atoms with van der Waals surface area (Å²) in [6, 6.07) is 2.18. The maximum atomic E-state index is 5.64. The van der Waals surface area contributed by atoms with Gasteiger partial charge in [0, 0.05) is 37.8 Å². The summed E-state index contributed by atoms with van der Waals surface area (Å²) in [7, 11) is 0. The Morgan fingerprint density at radius 2 is 2.10 bits per heavy atom. The van der Waals surface area contributed by atoms with Crippen LogP contribution in [-0.4, -0.2) is 62.4 Å². The zero-order valence-corrected chi connectivity index (χ0v) is 14.2. The predicted octanol–water partition coefficient (Wildman–Crippen LogP) is 1.64. The largest absolute Gasteiger partial charge is 0.379 e. The summed E-state index contributed by atoms with van der Waals surface area (Å²) in [6.07, 6.45) is 6.92. The smallest absolute Gasteiger partial charge is 0.0623 e. The number of likely N-dealkylation sites (N-methyl/N-ethyl adjacent to an activating group) is 1. The van der Waals surface area contributed by atoms with E-state index in [4.69, 9.17) is 4.74 Å². The molecule has 2 N–H and O–H groups in total. The van der Waals surface area contributed by atoms with Crippen molar-refractivity contribution in [3.8, 4) is 0 Å². The lowest BCUT2D eigenvalue weighted by Gasteiger charge is -2.33. The third kappa shape index (κ3) is 4.80. The van der Waals surface area contributed by atoms with E-state index < -0.39 is 0 Å². The molecule has 0 aromatic carbocycles. The van der Waals surface area contributed by atoms with E-state index in [9.17, 15) is 0 Å². The van der Waals surface area contributed by atoms with Crippen molar-refractivity contribution in [2.75, 3.05) is 39.4 Å². The van der Waals surface area contributed by atoms with Gasteiger partial charge in [0.1, 0.15) is 0 Å². The summed E-state index contributed by atoms with van der Waals surface area (Å²) < 4.78 is 5.64. The van der Waals surface area contributed by atoms with Crippen LogP contribution in [0.5, 0.6) is 0 Å². The van der Waals surface area contributed by atoms with Gasteiger partial charge in [-0.15, -0.1) is 12.4 Å². The molecule has 3 aliphatic rings. The minimum Gasteiger partial charge on any atom is -0.379 e. The first-order chi connectivity index (χ1) is 9.88. The van der Waals surface area contributed by atoms with Gasteiger partial charge in [0.15, 0.2) is 0 Å². The molecule has 1 saturated heterocycles. The molecule has 3 atom stereocenters. The number of halogens is 1. The summed E-state index contributed by atoms with van der Waals surface area (Å²) in [5.41, 5.74) is 0. The molecule has 2 aliphatic carbocycles. The monoisotopic (exact) mass is 317 g/mol. The van der Waals surface area contributed by atoms with Crippen LogP contribution < -0.4 is 10.6 Å². The third-order valence-electron chi connectivity index (χ3n) is 5.31. The first kappa shape index (κ1) is 17.5. The van der Waals surface area contributed by atoms with E-state index in [-0.39, 0.29) is 12.4 Å². The first-order valence-corrected chi connectivity index (χ1v) is 8.67. The molecule has 3 rings (SSSR count). The second-order valence-electron chi connectivity index (χ2n) is 6.65. The Morgan fingerprint density at radius 1 is 1.24 bits per heavy atom. The van der Waals surface area contributed by atoms with Gasteiger partial charge in [-0.2, -0.15) is 0 Å². The molecule has 0 bridgehead atoms. The molecule has 2 saturated carbocycles. The van der Waals surface area contributed by atoms with Gasteiger partial charge in [-0.1, -0.05) is 13.3 Å². The van der Waals surface area contributed by atoms with Gasteiger partial charge in [-0.05, 0) is 38.1 Å². The molecular formula is C16H32ClN3O. The fraction of sp³-hybridized carbons (Fsp3) is 1.00. The Bertz CT molecular complexity index is 295. The molecule has 1 heterocycles. The number of nitrogens with one attached hydrogen (secondary N) is 2. The van der Waals surface area contributed by atoms with E-state index >= 15 is 0 Å². The topological polar surface area (TPSA) is 36.5 Å². The Hall–Kier alpha value is 0.130. The molecule has 0 aromatic heterocycles. The highest BCUT2D eigenvalue weighted by Crippen LogP contribution is 2.30. The zero-order chi connectivity index (χ0) is 13.8. The van der Waals surface area contributed by atoms with Crippen molar-refractivity contribution in [3.05, 3.63) is 0 Å². The van der Waals surface area contributed by atoms with Gasteiger partial charge in [0.25, 0.3) is 0 Å². The lowest BCUT2D eigenvalue weighted by molar-refractivity contribution is 0.0523. The molecule has 0 spiro atoms. The Balaban J connectivity index is 0.00000161. The Kier molecular flexibility index (Phi) is 7.23. The highest BCUT2D eigenvalue weighted by Gasteiger charge is 2.34. The van der Waals surface area contributed by atoms with E-state index in [1.165, 1.54) is 45.2 Å². The van der Waals surface area contributed by atoms with E-state index in [0.29, 0.717) is 12.1 Å². The molecule has 0 radical (unpaired) electrons.